The van der Waals surface area contributed by atoms with E-state index in [-0.39, 0.29) is 5.78 Å². The van der Waals surface area contributed by atoms with Crippen molar-refractivity contribution in [2.45, 2.75) is 6.10 Å². The molecule has 1 aromatic carbocycles. The number of hydrogen-bond donors (Lipinski definition) is 2. The Labute approximate surface area is 94.1 Å². The Morgan fingerprint density at radius 1 is 1.50 bits per heavy atom. The molecule has 2 rings (SSSR count). The lowest BCUT2D eigenvalue weighted by Crippen LogP contribution is -2.33. The number of ether oxygens (including phenoxy) is 1. The number of carbonyl (C=O) groups is 1. The monoisotopic (exact) mass is 218 g/mol. The number of carbonyl (C=O) groups excluding carboxylic acids is 1. The molecule has 4 nitrogen and oxygen atoms in total. The molecule has 1 unspecified atom stereocenters. The highest BCUT2D eigenvalue weighted by molar-refractivity contribution is 5.94. The first kappa shape index (κ1) is 10.7. The summed E-state index contributed by atoms with van der Waals surface area (Å²) in [6.45, 7) is 0.960. The molecule has 0 aliphatic carbocycles. The van der Waals surface area contributed by atoms with Gasteiger partial charge in [0.15, 0.2) is 5.78 Å². The van der Waals surface area contributed by atoms with Crippen LogP contribution in [0.25, 0.3) is 0 Å². The van der Waals surface area contributed by atoms with Crippen LogP contribution in [0.2, 0.25) is 0 Å². The van der Waals surface area contributed by atoms with Crippen molar-refractivity contribution in [2.75, 3.05) is 24.2 Å². The van der Waals surface area contributed by atoms with E-state index in [0.717, 1.165) is 5.69 Å². The molecule has 1 aromatic rings. The van der Waals surface area contributed by atoms with Crippen molar-refractivity contribution in [1.29, 1.82) is 0 Å². The average molecular weight is 218 g/mol. The minimum Gasteiger partial charge on any atom is -0.399 e. The summed E-state index contributed by atoms with van der Waals surface area (Å²) in [6.07, 6.45) is 2.89. The minimum absolute atomic E-state index is 0.00246. The summed E-state index contributed by atoms with van der Waals surface area (Å²) >= 11 is 0. The molecule has 4 heteroatoms. The SMILES string of the molecule is Nc1cccc(NCC2OCC=CC2=O)c1. The van der Waals surface area contributed by atoms with Crippen LogP contribution in [0.1, 0.15) is 0 Å². The highest BCUT2D eigenvalue weighted by Crippen LogP contribution is 2.12. The number of nitrogen functional groups attached to an aromatic ring is 1. The summed E-state index contributed by atoms with van der Waals surface area (Å²) in [4.78, 5) is 11.4. The molecular weight excluding hydrogens is 204 g/mol. The van der Waals surface area contributed by atoms with Crippen LogP contribution < -0.4 is 11.1 Å². The van der Waals surface area contributed by atoms with Crippen molar-refractivity contribution in [3.05, 3.63) is 36.4 Å². The Hall–Kier alpha value is -1.81. The highest BCUT2D eigenvalue weighted by atomic mass is 16.5. The zero-order valence-corrected chi connectivity index (χ0v) is 8.85. The van der Waals surface area contributed by atoms with E-state index in [1.807, 2.05) is 24.3 Å². The molecule has 16 heavy (non-hydrogen) atoms. The fourth-order valence-corrected chi connectivity index (χ4v) is 1.54. The van der Waals surface area contributed by atoms with Crippen molar-refractivity contribution in [3.8, 4) is 0 Å². The lowest BCUT2D eigenvalue weighted by molar-refractivity contribution is -0.125. The zero-order valence-electron chi connectivity index (χ0n) is 8.85. The lowest BCUT2D eigenvalue weighted by Gasteiger charge is -2.18. The standard InChI is InChI=1S/C12H14N2O2/c13-9-3-1-4-10(7-9)14-8-12-11(15)5-2-6-16-12/h1-5,7,12,14H,6,8,13H2. The summed E-state index contributed by atoms with van der Waals surface area (Å²) in [6, 6.07) is 7.40. The van der Waals surface area contributed by atoms with Gasteiger partial charge in [-0.05, 0) is 24.3 Å². The number of benzene rings is 1. The van der Waals surface area contributed by atoms with Gasteiger partial charge in [0.05, 0.1) is 6.61 Å². The molecule has 1 heterocycles. The molecular formula is C12H14N2O2. The second-order valence-electron chi connectivity index (χ2n) is 3.63. The highest BCUT2D eigenvalue weighted by Gasteiger charge is 2.18. The second kappa shape index (κ2) is 4.81. The van der Waals surface area contributed by atoms with Gasteiger partial charge in [0, 0.05) is 17.9 Å². The second-order valence-corrected chi connectivity index (χ2v) is 3.63. The molecule has 84 valence electrons. The molecule has 1 atom stereocenters. The van der Waals surface area contributed by atoms with E-state index in [9.17, 15) is 4.79 Å². The van der Waals surface area contributed by atoms with Crippen LogP contribution in [0.5, 0.6) is 0 Å². The molecule has 3 N–H and O–H groups in total. The summed E-state index contributed by atoms with van der Waals surface area (Å²) in [5.41, 5.74) is 7.23. The molecule has 0 spiro atoms. The maximum atomic E-state index is 11.4. The molecule has 0 saturated heterocycles. The number of ketones is 1. The summed E-state index contributed by atoms with van der Waals surface area (Å²) in [5.74, 6) is 0.00246. The third-order valence-electron chi connectivity index (χ3n) is 2.37. The molecule has 0 fully saturated rings. The Morgan fingerprint density at radius 2 is 2.38 bits per heavy atom. The molecule has 1 aliphatic heterocycles. The van der Waals surface area contributed by atoms with Crippen molar-refractivity contribution in [1.82, 2.24) is 0 Å². The predicted octanol–water partition coefficient (Wildman–Crippen LogP) is 1.20. The van der Waals surface area contributed by atoms with E-state index < -0.39 is 6.10 Å². The van der Waals surface area contributed by atoms with Crippen molar-refractivity contribution >= 4 is 17.2 Å². The van der Waals surface area contributed by atoms with E-state index in [0.29, 0.717) is 18.8 Å². The normalized spacial score (nSPS) is 19.8. The van der Waals surface area contributed by atoms with Gasteiger partial charge in [-0.25, -0.2) is 0 Å². The first-order valence-corrected chi connectivity index (χ1v) is 5.17. The van der Waals surface area contributed by atoms with Crippen LogP contribution in [-0.2, 0) is 9.53 Å². The first-order valence-electron chi connectivity index (χ1n) is 5.17. The quantitative estimate of drug-likeness (QED) is 0.748. The van der Waals surface area contributed by atoms with Gasteiger partial charge in [-0.2, -0.15) is 0 Å². The van der Waals surface area contributed by atoms with Gasteiger partial charge < -0.3 is 15.8 Å². The summed E-state index contributed by atoms with van der Waals surface area (Å²) in [7, 11) is 0. The van der Waals surface area contributed by atoms with Crippen LogP contribution >= 0.6 is 0 Å². The molecule has 1 aliphatic rings. The fourth-order valence-electron chi connectivity index (χ4n) is 1.54. The number of nitrogens with one attached hydrogen (secondary N) is 1. The summed E-state index contributed by atoms with van der Waals surface area (Å²) in [5, 5.41) is 3.13. The number of hydrogen-bond acceptors (Lipinski definition) is 4. The Kier molecular flexibility index (Phi) is 3.22. The van der Waals surface area contributed by atoms with Gasteiger partial charge in [0.25, 0.3) is 0 Å². The average Bonchev–Trinajstić information content (AvgIpc) is 2.28. The van der Waals surface area contributed by atoms with Crippen LogP contribution in [0.4, 0.5) is 11.4 Å². The van der Waals surface area contributed by atoms with E-state index >= 15 is 0 Å². The van der Waals surface area contributed by atoms with Crippen molar-refractivity contribution < 1.29 is 9.53 Å². The zero-order chi connectivity index (χ0) is 11.4. The van der Waals surface area contributed by atoms with Crippen LogP contribution in [0, 0.1) is 0 Å². The Balaban J connectivity index is 1.92. The topological polar surface area (TPSA) is 64.3 Å². The Bertz CT molecular complexity index is 415. The molecule has 0 amide bonds. The van der Waals surface area contributed by atoms with Gasteiger partial charge >= 0.3 is 0 Å². The smallest absolute Gasteiger partial charge is 0.185 e. The maximum absolute atomic E-state index is 11.4. The largest absolute Gasteiger partial charge is 0.399 e. The Morgan fingerprint density at radius 3 is 3.12 bits per heavy atom. The number of anilines is 2. The van der Waals surface area contributed by atoms with Crippen LogP contribution in [-0.4, -0.2) is 25.0 Å². The predicted molar refractivity (Wildman–Crippen MR) is 63.2 cm³/mol. The third-order valence-corrected chi connectivity index (χ3v) is 2.37. The first-order chi connectivity index (χ1) is 7.75. The van der Waals surface area contributed by atoms with E-state index in [1.165, 1.54) is 0 Å². The fraction of sp³-hybridized carbons (Fsp3) is 0.250. The van der Waals surface area contributed by atoms with Crippen LogP contribution in [0.15, 0.2) is 36.4 Å². The van der Waals surface area contributed by atoms with Crippen molar-refractivity contribution in [3.63, 3.8) is 0 Å². The lowest BCUT2D eigenvalue weighted by atomic mass is 10.1. The van der Waals surface area contributed by atoms with Gasteiger partial charge in [-0.1, -0.05) is 12.1 Å². The maximum Gasteiger partial charge on any atom is 0.185 e. The van der Waals surface area contributed by atoms with Gasteiger partial charge in [0.2, 0.25) is 0 Å². The van der Waals surface area contributed by atoms with E-state index in [4.69, 9.17) is 10.5 Å². The molecule has 0 radical (unpaired) electrons. The summed E-state index contributed by atoms with van der Waals surface area (Å²) < 4.78 is 5.31. The van der Waals surface area contributed by atoms with Crippen molar-refractivity contribution in [2.24, 2.45) is 0 Å². The molecule has 0 bridgehead atoms. The minimum atomic E-state index is -0.397. The third kappa shape index (κ3) is 2.61. The van der Waals surface area contributed by atoms with E-state index in [1.54, 1.807) is 12.2 Å². The number of rotatable bonds is 3. The number of nitrogens with two attached hydrogens (primary N) is 1. The van der Waals surface area contributed by atoms with Gasteiger partial charge in [0.1, 0.15) is 6.10 Å². The van der Waals surface area contributed by atoms with Crippen LogP contribution in [0.3, 0.4) is 0 Å². The van der Waals surface area contributed by atoms with Gasteiger partial charge in [-0.3, -0.25) is 4.79 Å². The van der Waals surface area contributed by atoms with E-state index in [2.05, 4.69) is 5.32 Å². The van der Waals surface area contributed by atoms with Gasteiger partial charge in [-0.15, -0.1) is 0 Å². The molecule has 0 saturated carbocycles. The molecule has 0 aromatic heterocycles.